The van der Waals surface area contributed by atoms with Gasteiger partial charge in [0.05, 0.1) is 17.9 Å². The van der Waals surface area contributed by atoms with E-state index >= 15 is 0 Å². The quantitative estimate of drug-likeness (QED) is 0.632. The van der Waals surface area contributed by atoms with Gasteiger partial charge in [-0.05, 0) is 6.07 Å². The molecule has 2 N–H and O–H groups in total. The summed E-state index contributed by atoms with van der Waals surface area (Å²) < 4.78 is 35.6. The number of nitrogen functional groups attached to an aromatic ring is 1. The molecule has 0 saturated carbocycles. The Balaban J connectivity index is 2.18. The Labute approximate surface area is 100 Å². The highest BCUT2D eigenvalue weighted by atomic mass is 19.1. The number of nitrogens with two attached hydrogens (primary N) is 1. The molecule has 1 aromatic rings. The minimum Gasteiger partial charge on any atom is -0.463 e. The number of rotatable bonds is 2. The van der Waals surface area contributed by atoms with Crippen molar-refractivity contribution in [2.45, 2.75) is 12.5 Å². The number of benzene rings is 1. The monoisotopic (exact) mass is 257 g/mol. The van der Waals surface area contributed by atoms with E-state index in [-0.39, 0.29) is 18.7 Å². The maximum absolute atomic E-state index is 13.3. The van der Waals surface area contributed by atoms with Crippen LogP contribution in [0.3, 0.4) is 0 Å². The van der Waals surface area contributed by atoms with Gasteiger partial charge in [-0.1, -0.05) is 0 Å². The Morgan fingerprint density at radius 1 is 1.39 bits per heavy atom. The molecule has 0 aliphatic carbocycles. The summed E-state index contributed by atoms with van der Waals surface area (Å²) >= 11 is 0. The minimum atomic E-state index is -1.10. The first-order valence-corrected chi connectivity index (χ1v) is 5.11. The van der Waals surface area contributed by atoms with E-state index in [1.807, 2.05) is 0 Å². The topological polar surface area (TPSA) is 78.6 Å². The highest BCUT2D eigenvalue weighted by Gasteiger charge is 2.31. The first-order chi connectivity index (χ1) is 8.49. The molecular weight excluding hydrogens is 248 g/mol. The number of esters is 2. The number of carbonyl (C=O) groups excluding carboxylic acids is 2. The van der Waals surface area contributed by atoms with Crippen LogP contribution in [0.1, 0.15) is 16.8 Å². The smallest absolute Gasteiger partial charge is 0.347 e. The zero-order valence-corrected chi connectivity index (χ0v) is 9.11. The zero-order chi connectivity index (χ0) is 13.3. The maximum Gasteiger partial charge on any atom is 0.347 e. The molecule has 18 heavy (non-hydrogen) atoms. The molecule has 1 saturated heterocycles. The van der Waals surface area contributed by atoms with Gasteiger partial charge >= 0.3 is 11.9 Å². The van der Waals surface area contributed by atoms with Crippen molar-refractivity contribution in [3.63, 3.8) is 0 Å². The van der Waals surface area contributed by atoms with Crippen LogP contribution in [0, 0.1) is 11.6 Å². The van der Waals surface area contributed by atoms with Crippen LogP contribution in [-0.2, 0) is 14.3 Å². The number of carbonyl (C=O) groups is 2. The number of cyclic esters (lactones) is 1. The summed E-state index contributed by atoms with van der Waals surface area (Å²) in [5.74, 6) is -3.83. The number of anilines is 1. The number of ether oxygens (including phenoxy) is 2. The lowest BCUT2D eigenvalue weighted by molar-refractivity contribution is -0.145. The van der Waals surface area contributed by atoms with Crippen LogP contribution in [0.2, 0.25) is 0 Å². The van der Waals surface area contributed by atoms with Crippen LogP contribution < -0.4 is 5.73 Å². The van der Waals surface area contributed by atoms with Crippen LogP contribution in [0.25, 0.3) is 0 Å². The summed E-state index contributed by atoms with van der Waals surface area (Å²) in [5.41, 5.74) is 4.32. The molecule has 1 fully saturated rings. The van der Waals surface area contributed by atoms with E-state index in [0.717, 1.165) is 6.07 Å². The first-order valence-electron chi connectivity index (χ1n) is 5.11. The fraction of sp³-hybridized carbons (Fsp3) is 0.273. The second-order valence-corrected chi connectivity index (χ2v) is 3.70. The summed E-state index contributed by atoms with van der Waals surface area (Å²) in [6, 6.07) is 1.31. The number of halogens is 2. The molecule has 7 heteroatoms. The minimum absolute atomic E-state index is 0.144. The average molecular weight is 257 g/mol. The van der Waals surface area contributed by atoms with E-state index in [1.165, 1.54) is 0 Å². The predicted octanol–water partition coefficient (Wildman–Crippen LogP) is 1.02. The van der Waals surface area contributed by atoms with E-state index in [4.69, 9.17) is 10.5 Å². The molecule has 0 amide bonds. The molecule has 0 bridgehead atoms. The lowest BCUT2D eigenvalue weighted by Crippen LogP contribution is -2.23. The van der Waals surface area contributed by atoms with E-state index in [0.29, 0.717) is 6.07 Å². The van der Waals surface area contributed by atoms with Gasteiger partial charge in [-0.25, -0.2) is 18.4 Å². The Kier molecular flexibility index (Phi) is 3.14. The molecule has 1 aliphatic heterocycles. The second-order valence-electron chi connectivity index (χ2n) is 3.70. The molecule has 1 aromatic carbocycles. The molecule has 5 nitrogen and oxygen atoms in total. The number of hydrogen-bond acceptors (Lipinski definition) is 5. The molecule has 0 spiro atoms. The normalized spacial score (nSPS) is 18.6. The van der Waals surface area contributed by atoms with Gasteiger partial charge in [0.2, 0.25) is 6.10 Å². The Morgan fingerprint density at radius 3 is 2.72 bits per heavy atom. The van der Waals surface area contributed by atoms with Gasteiger partial charge in [0, 0.05) is 12.5 Å². The van der Waals surface area contributed by atoms with Crippen molar-refractivity contribution in [1.29, 1.82) is 0 Å². The third-order valence-corrected chi connectivity index (χ3v) is 2.44. The largest absolute Gasteiger partial charge is 0.463 e. The SMILES string of the molecule is Nc1cc(C(=O)OC2CCOC2=O)c(F)cc1F. The van der Waals surface area contributed by atoms with Gasteiger partial charge in [-0.3, -0.25) is 0 Å². The van der Waals surface area contributed by atoms with Crippen molar-refractivity contribution in [2.24, 2.45) is 0 Å². The molecular formula is C11H9F2NO4. The lowest BCUT2D eigenvalue weighted by Gasteiger charge is -2.09. The van der Waals surface area contributed by atoms with Gasteiger partial charge in [0.15, 0.2) is 0 Å². The van der Waals surface area contributed by atoms with Crippen molar-refractivity contribution in [1.82, 2.24) is 0 Å². The van der Waals surface area contributed by atoms with Gasteiger partial charge in [-0.15, -0.1) is 0 Å². The molecule has 0 radical (unpaired) electrons. The Hall–Kier alpha value is -2.18. The highest BCUT2D eigenvalue weighted by molar-refractivity contribution is 5.92. The summed E-state index contributed by atoms with van der Waals surface area (Å²) in [6.45, 7) is 0.144. The molecule has 1 atom stereocenters. The fourth-order valence-electron chi connectivity index (χ4n) is 1.50. The van der Waals surface area contributed by atoms with Crippen LogP contribution >= 0.6 is 0 Å². The lowest BCUT2D eigenvalue weighted by atomic mass is 10.2. The summed E-state index contributed by atoms with van der Waals surface area (Å²) in [6.07, 6.45) is -0.841. The van der Waals surface area contributed by atoms with E-state index in [9.17, 15) is 18.4 Å². The summed E-state index contributed by atoms with van der Waals surface area (Å²) in [4.78, 5) is 22.7. The fourth-order valence-corrected chi connectivity index (χ4v) is 1.50. The standard InChI is InChI=1S/C11H9F2NO4/c12-6-4-7(13)8(14)3-5(6)10(15)18-9-1-2-17-11(9)16/h3-4,9H,1-2,14H2. The van der Waals surface area contributed by atoms with Crippen LogP contribution in [0.5, 0.6) is 0 Å². The zero-order valence-electron chi connectivity index (χ0n) is 9.11. The van der Waals surface area contributed by atoms with Gasteiger partial charge in [0.1, 0.15) is 11.6 Å². The molecule has 2 rings (SSSR count). The van der Waals surface area contributed by atoms with Gasteiger partial charge < -0.3 is 15.2 Å². The van der Waals surface area contributed by atoms with Crippen molar-refractivity contribution in [3.8, 4) is 0 Å². The Morgan fingerprint density at radius 2 is 2.11 bits per heavy atom. The van der Waals surface area contributed by atoms with Crippen LogP contribution in [0.15, 0.2) is 12.1 Å². The molecule has 1 aliphatic rings. The average Bonchev–Trinajstić information content (AvgIpc) is 2.69. The maximum atomic E-state index is 13.3. The van der Waals surface area contributed by atoms with Gasteiger partial charge in [-0.2, -0.15) is 0 Å². The van der Waals surface area contributed by atoms with Crippen molar-refractivity contribution in [2.75, 3.05) is 12.3 Å². The van der Waals surface area contributed by atoms with Crippen LogP contribution in [-0.4, -0.2) is 24.6 Å². The summed E-state index contributed by atoms with van der Waals surface area (Å²) in [7, 11) is 0. The van der Waals surface area contributed by atoms with E-state index in [2.05, 4.69) is 4.74 Å². The third-order valence-electron chi connectivity index (χ3n) is 2.44. The summed E-state index contributed by atoms with van der Waals surface area (Å²) in [5, 5.41) is 0. The van der Waals surface area contributed by atoms with Gasteiger partial charge in [0.25, 0.3) is 0 Å². The molecule has 1 unspecified atom stereocenters. The van der Waals surface area contributed by atoms with Crippen LogP contribution in [0.4, 0.5) is 14.5 Å². The molecule has 1 heterocycles. The first kappa shape index (κ1) is 12.3. The predicted molar refractivity (Wildman–Crippen MR) is 55.5 cm³/mol. The van der Waals surface area contributed by atoms with E-state index in [1.54, 1.807) is 0 Å². The second kappa shape index (κ2) is 4.59. The highest BCUT2D eigenvalue weighted by Crippen LogP contribution is 2.19. The Bertz CT molecular complexity index is 518. The van der Waals surface area contributed by atoms with E-state index < -0.39 is 35.2 Å². The molecule has 0 aromatic heterocycles. The number of hydrogen-bond donors (Lipinski definition) is 1. The van der Waals surface area contributed by atoms with Crippen molar-refractivity contribution < 1.29 is 27.8 Å². The van der Waals surface area contributed by atoms with Crippen molar-refractivity contribution >= 4 is 17.6 Å². The van der Waals surface area contributed by atoms with Crippen molar-refractivity contribution in [3.05, 3.63) is 29.3 Å². The third kappa shape index (κ3) is 2.24. The molecule has 96 valence electrons.